The van der Waals surface area contributed by atoms with Crippen molar-refractivity contribution in [2.75, 3.05) is 26.1 Å². The van der Waals surface area contributed by atoms with Crippen LogP contribution in [-0.4, -0.2) is 37.0 Å². The highest BCUT2D eigenvalue weighted by Gasteiger charge is 2.06. The van der Waals surface area contributed by atoms with Gasteiger partial charge < -0.3 is 14.8 Å². The van der Waals surface area contributed by atoms with Gasteiger partial charge >= 0.3 is 0 Å². The summed E-state index contributed by atoms with van der Waals surface area (Å²) in [6, 6.07) is 0. The van der Waals surface area contributed by atoms with Crippen molar-refractivity contribution in [3.8, 4) is 0 Å². The van der Waals surface area contributed by atoms with Crippen molar-refractivity contribution in [1.82, 2.24) is 9.97 Å². The van der Waals surface area contributed by atoms with Crippen LogP contribution in [-0.2, 0) is 9.47 Å². The topological polar surface area (TPSA) is 56.3 Å². The molecule has 0 radical (unpaired) electrons. The molecule has 0 saturated heterocycles. The molecule has 1 aromatic rings. The van der Waals surface area contributed by atoms with E-state index in [1.54, 1.807) is 20.4 Å². The lowest BCUT2D eigenvalue weighted by molar-refractivity contribution is -0.0914. The largest absolute Gasteiger partial charge is 0.364 e. The van der Waals surface area contributed by atoms with Crippen LogP contribution in [0.15, 0.2) is 17.0 Å². The SMILES string of the molecule is COC(CNc1ncncc1Br)OC. The summed E-state index contributed by atoms with van der Waals surface area (Å²) in [6.07, 6.45) is 2.86. The Morgan fingerprint density at radius 1 is 1.50 bits per heavy atom. The first-order valence-electron chi connectivity index (χ1n) is 4.03. The van der Waals surface area contributed by atoms with E-state index in [1.807, 2.05) is 0 Å². The van der Waals surface area contributed by atoms with Gasteiger partial charge in [-0.05, 0) is 15.9 Å². The zero-order chi connectivity index (χ0) is 10.4. The van der Waals surface area contributed by atoms with E-state index in [0.29, 0.717) is 6.54 Å². The maximum atomic E-state index is 5.02. The Bertz CT molecular complexity index is 281. The quantitative estimate of drug-likeness (QED) is 0.810. The molecular weight excluding hydrogens is 250 g/mol. The normalized spacial score (nSPS) is 10.6. The molecule has 0 atom stereocenters. The molecule has 1 rings (SSSR count). The summed E-state index contributed by atoms with van der Waals surface area (Å²) in [4.78, 5) is 7.89. The summed E-state index contributed by atoms with van der Waals surface area (Å²) in [5.74, 6) is 0.721. The standard InChI is InChI=1S/C8H12BrN3O2/c1-13-7(14-2)4-11-8-6(9)3-10-5-12-8/h3,5,7H,4H2,1-2H3,(H,10,11,12). The number of hydrogen-bond donors (Lipinski definition) is 1. The third-order valence-electron chi connectivity index (χ3n) is 1.63. The fourth-order valence-electron chi connectivity index (χ4n) is 0.886. The van der Waals surface area contributed by atoms with E-state index < -0.39 is 0 Å². The van der Waals surface area contributed by atoms with Crippen molar-refractivity contribution in [2.24, 2.45) is 0 Å². The molecule has 0 amide bonds. The Morgan fingerprint density at radius 2 is 2.21 bits per heavy atom. The van der Waals surface area contributed by atoms with Gasteiger partial charge in [-0.25, -0.2) is 9.97 Å². The second kappa shape index (κ2) is 5.90. The van der Waals surface area contributed by atoms with E-state index >= 15 is 0 Å². The molecule has 5 nitrogen and oxygen atoms in total. The van der Waals surface area contributed by atoms with Crippen molar-refractivity contribution in [3.63, 3.8) is 0 Å². The molecular formula is C8H12BrN3O2. The third kappa shape index (κ3) is 3.21. The lowest BCUT2D eigenvalue weighted by atomic mass is 10.5. The summed E-state index contributed by atoms with van der Waals surface area (Å²) in [5, 5.41) is 3.07. The maximum Gasteiger partial charge on any atom is 0.173 e. The predicted molar refractivity (Wildman–Crippen MR) is 56.0 cm³/mol. The fourth-order valence-corrected chi connectivity index (χ4v) is 1.25. The van der Waals surface area contributed by atoms with E-state index in [0.717, 1.165) is 10.3 Å². The number of hydrogen-bond acceptors (Lipinski definition) is 5. The minimum Gasteiger partial charge on any atom is -0.364 e. The van der Waals surface area contributed by atoms with Crippen molar-refractivity contribution in [1.29, 1.82) is 0 Å². The number of anilines is 1. The molecule has 0 spiro atoms. The van der Waals surface area contributed by atoms with Gasteiger partial charge in [0.25, 0.3) is 0 Å². The van der Waals surface area contributed by atoms with Crippen molar-refractivity contribution < 1.29 is 9.47 Å². The van der Waals surface area contributed by atoms with Gasteiger partial charge in [-0.3, -0.25) is 0 Å². The Balaban J connectivity index is 2.49. The van der Waals surface area contributed by atoms with Gasteiger partial charge in [0.05, 0.1) is 11.0 Å². The highest BCUT2D eigenvalue weighted by Crippen LogP contribution is 2.16. The predicted octanol–water partition coefficient (Wildman–Crippen LogP) is 1.27. The molecule has 1 heterocycles. The third-order valence-corrected chi connectivity index (χ3v) is 2.21. The first-order valence-corrected chi connectivity index (χ1v) is 4.82. The average Bonchev–Trinajstić information content (AvgIpc) is 2.22. The molecule has 0 aromatic carbocycles. The van der Waals surface area contributed by atoms with Crippen LogP contribution in [0.4, 0.5) is 5.82 Å². The number of ether oxygens (including phenoxy) is 2. The number of halogens is 1. The molecule has 0 unspecified atom stereocenters. The minimum absolute atomic E-state index is 0.281. The summed E-state index contributed by atoms with van der Waals surface area (Å²) in [6.45, 7) is 0.530. The fraction of sp³-hybridized carbons (Fsp3) is 0.500. The molecule has 0 aliphatic carbocycles. The van der Waals surface area contributed by atoms with Gasteiger partial charge in [-0.15, -0.1) is 0 Å². The molecule has 0 fully saturated rings. The Labute approximate surface area is 91.0 Å². The summed E-state index contributed by atoms with van der Waals surface area (Å²) in [7, 11) is 3.18. The second-order valence-electron chi connectivity index (χ2n) is 2.50. The smallest absolute Gasteiger partial charge is 0.173 e. The summed E-state index contributed by atoms with van der Waals surface area (Å²) in [5.41, 5.74) is 0. The highest BCUT2D eigenvalue weighted by molar-refractivity contribution is 9.10. The number of rotatable bonds is 5. The molecule has 0 bridgehead atoms. The highest BCUT2D eigenvalue weighted by atomic mass is 79.9. The van der Waals surface area contributed by atoms with Crippen LogP contribution in [0.5, 0.6) is 0 Å². The zero-order valence-corrected chi connectivity index (χ0v) is 9.61. The Morgan fingerprint density at radius 3 is 2.79 bits per heavy atom. The van der Waals surface area contributed by atoms with E-state index in [2.05, 4.69) is 31.2 Å². The number of methoxy groups -OCH3 is 2. The zero-order valence-electron chi connectivity index (χ0n) is 8.03. The van der Waals surface area contributed by atoms with Gasteiger partial charge in [0, 0.05) is 20.4 Å². The van der Waals surface area contributed by atoms with Crippen LogP contribution < -0.4 is 5.32 Å². The van der Waals surface area contributed by atoms with Crippen LogP contribution in [0.2, 0.25) is 0 Å². The first kappa shape index (κ1) is 11.4. The van der Waals surface area contributed by atoms with Gasteiger partial charge in [0.15, 0.2) is 6.29 Å². The molecule has 0 saturated carbocycles. The van der Waals surface area contributed by atoms with Crippen molar-refractivity contribution >= 4 is 21.7 Å². The van der Waals surface area contributed by atoms with E-state index in [-0.39, 0.29) is 6.29 Å². The van der Waals surface area contributed by atoms with Crippen LogP contribution in [0.25, 0.3) is 0 Å². The van der Waals surface area contributed by atoms with Crippen LogP contribution in [0.3, 0.4) is 0 Å². The van der Waals surface area contributed by atoms with Crippen molar-refractivity contribution in [3.05, 3.63) is 17.0 Å². The van der Waals surface area contributed by atoms with Crippen molar-refractivity contribution in [2.45, 2.75) is 6.29 Å². The molecule has 6 heteroatoms. The monoisotopic (exact) mass is 261 g/mol. The molecule has 14 heavy (non-hydrogen) atoms. The van der Waals surface area contributed by atoms with Gasteiger partial charge in [0.2, 0.25) is 0 Å². The van der Waals surface area contributed by atoms with E-state index in [4.69, 9.17) is 9.47 Å². The van der Waals surface area contributed by atoms with E-state index in [9.17, 15) is 0 Å². The van der Waals surface area contributed by atoms with Crippen LogP contribution >= 0.6 is 15.9 Å². The molecule has 78 valence electrons. The average molecular weight is 262 g/mol. The molecule has 1 aromatic heterocycles. The molecule has 0 aliphatic rings. The van der Waals surface area contributed by atoms with Gasteiger partial charge in [-0.2, -0.15) is 0 Å². The lowest BCUT2D eigenvalue weighted by Gasteiger charge is -2.14. The van der Waals surface area contributed by atoms with Crippen LogP contribution in [0, 0.1) is 0 Å². The molecule has 0 aliphatic heterocycles. The van der Waals surface area contributed by atoms with Gasteiger partial charge in [0.1, 0.15) is 12.1 Å². The molecule has 1 N–H and O–H groups in total. The number of nitrogens with zero attached hydrogens (tertiary/aromatic N) is 2. The van der Waals surface area contributed by atoms with Crippen LogP contribution in [0.1, 0.15) is 0 Å². The minimum atomic E-state index is -0.281. The lowest BCUT2D eigenvalue weighted by Crippen LogP contribution is -2.24. The summed E-state index contributed by atoms with van der Waals surface area (Å²) >= 11 is 3.32. The van der Waals surface area contributed by atoms with E-state index in [1.165, 1.54) is 6.33 Å². The Hall–Kier alpha value is -0.720. The second-order valence-corrected chi connectivity index (χ2v) is 3.36. The maximum absolute atomic E-state index is 5.02. The number of aromatic nitrogens is 2. The van der Waals surface area contributed by atoms with Gasteiger partial charge in [-0.1, -0.05) is 0 Å². The Kier molecular flexibility index (Phi) is 4.78. The first-order chi connectivity index (χ1) is 6.77. The number of nitrogens with one attached hydrogen (secondary N) is 1. The summed E-state index contributed by atoms with van der Waals surface area (Å²) < 4.78 is 10.8.